The molecule has 2 rings (SSSR count). The summed E-state index contributed by atoms with van der Waals surface area (Å²) in [7, 11) is 0. The van der Waals surface area contributed by atoms with Crippen molar-refractivity contribution in [3.05, 3.63) is 0 Å². The molecule has 2 fully saturated rings. The van der Waals surface area contributed by atoms with Crippen molar-refractivity contribution in [3.63, 3.8) is 0 Å². The van der Waals surface area contributed by atoms with Gasteiger partial charge < -0.3 is 15.5 Å². The summed E-state index contributed by atoms with van der Waals surface area (Å²) in [6.07, 6.45) is 6.49. The zero-order valence-corrected chi connectivity index (χ0v) is 10.0. The third-order valence-electron chi connectivity index (χ3n) is 3.62. The van der Waals surface area contributed by atoms with E-state index in [1.807, 2.05) is 4.90 Å². The van der Waals surface area contributed by atoms with Gasteiger partial charge in [-0.15, -0.1) is 0 Å². The van der Waals surface area contributed by atoms with Crippen LogP contribution in [0.1, 0.15) is 32.1 Å². The Balaban J connectivity index is 1.65. The van der Waals surface area contributed by atoms with Crippen LogP contribution in [0.4, 0.5) is 0 Å². The highest BCUT2D eigenvalue weighted by atomic mass is 16.2. The minimum absolute atomic E-state index is 0.270. The maximum Gasteiger partial charge on any atom is 0.236 e. The van der Waals surface area contributed by atoms with Crippen LogP contribution >= 0.6 is 0 Å². The van der Waals surface area contributed by atoms with E-state index in [1.165, 1.54) is 32.1 Å². The lowest BCUT2D eigenvalue weighted by Crippen LogP contribution is -2.50. The summed E-state index contributed by atoms with van der Waals surface area (Å²) < 4.78 is 0. The number of hydrogen-bond donors (Lipinski definition) is 2. The predicted octanol–water partition coefficient (Wildman–Crippen LogP) is 0.341. The average Bonchev–Trinajstić information content (AvgIpc) is 2.38. The number of piperazine rings is 1. The lowest BCUT2D eigenvalue weighted by molar-refractivity contribution is -0.130. The Kier molecular flexibility index (Phi) is 4.60. The number of carbonyl (C=O) groups is 1. The van der Waals surface area contributed by atoms with E-state index in [4.69, 9.17) is 0 Å². The summed E-state index contributed by atoms with van der Waals surface area (Å²) in [4.78, 5) is 13.8. The molecule has 1 aliphatic heterocycles. The molecule has 0 atom stereocenters. The van der Waals surface area contributed by atoms with Gasteiger partial charge in [0, 0.05) is 32.2 Å². The van der Waals surface area contributed by atoms with E-state index in [1.54, 1.807) is 0 Å². The average molecular weight is 225 g/mol. The maximum absolute atomic E-state index is 11.9. The Morgan fingerprint density at radius 2 is 1.88 bits per heavy atom. The van der Waals surface area contributed by atoms with Crippen molar-refractivity contribution in [3.8, 4) is 0 Å². The Labute approximate surface area is 97.8 Å². The Bertz CT molecular complexity index is 220. The SMILES string of the molecule is O=C(CNC1CCCCC1)N1CCNCC1. The molecule has 4 heteroatoms. The molecule has 0 spiro atoms. The summed E-state index contributed by atoms with van der Waals surface area (Å²) in [5.74, 6) is 0.270. The highest BCUT2D eigenvalue weighted by Gasteiger charge is 2.18. The second-order valence-electron chi connectivity index (χ2n) is 4.85. The fourth-order valence-electron chi connectivity index (χ4n) is 2.56. The Morgan fingerprint density at radius 3 is 2.56 bits per heavy atom. The van der Waals surface area contributed by atoms with Crippen molar-refractivity contribution >= 4 is 5.91 Å². The Hall–Kier alpha value is -0.610. The zero-order chi connectivity index (χ0) is 11.2. The molecule has 1 saturated carbocycles. The predicted molar refractivity (Wildman–Crippen MR) is 64.3 cm³/mol. The van der Waals surface area contributed by atoms with Gasteiger partial charge >= 0.3 is 0 Å². The quantitative estimate of drug-likeness (QED) is 0.728. The first-order chi connectivity index (χ1) is 7.86. The van der Waals surface area contributed by atoms with Crippen molar-refractivity contribution in [1.82, 2.24) is 15.5 Å². The van der Waals surface area contributed by atoms with E-state index >= 15 is 0 Å². The van der Waals surface area contributed by atoms with E-state index in [9.17, 15) is 4.79 Å². The molecule has 92 valence electrons. The van der Waals surface area contributed by atoms with Crippen molar-refractivity contribution < 1.29 is 4.79 Å². The van der Waals surface area contributed by atoms with Gasteiger partial charge in [-0.25, -0.2) is 0 Å². The van der Waals surface area contributed by atoms with Gasteiger partial charge in [-0.2, -0.15) is 0 Å². The molecule has 1 amide bonds. The van der Waals surface area contributed by atoms with E-state index in [-0.39, 0.29) is 5.91 Å². The lowest BCUT2D eigenvalue weighted by Gasteiger charge is -2.29. The van der Waals surface area contributed by atoms with Crippen LogP contribution in [0, 0.1) is 0 Å². The first-order valence-corrected chi connectivity index (χ1v) is 6.58. The van der Waals surface area contributed by atoms with Gasteiger partial charge in [0.05, 0.1) is 6.54 Å². The maximum atomic E-state index is 11.9. The summed E-state index contributed by atoms with van der Waals surface area (Å²) in [6, 6.07) is 0.584. The van der Waals surface area contributed by atoms with Crippen LogP contribution in [0.2, 0.25) is 0 Å². The number of hydrogen-bond acceptors (Lipinski definition) is 3. The monoisotopic (exact) mass is 225 g/mol. The van der Waals surface area contributed by atoms with Crippen molar-refractivity contribution in [1.29, 1.82) is 0 Å². The first kappa shape index (κ1) is 11.9. The molecule has 0 bridgehead atoms. The molecule has 0 aromatic heterocycles. The smallest absolute Gasteiger partial charge is 0.236 e. The van der Waals surface area contributed by atoms with Crippen molar-refractivity contribution in [2.45, 2.75) is 38.1 Å². The standard InChI is InChI=1S/C12H23N3O/c16-12(15-8-6-13-7-9-15)10-14-11-4-2-1-3-5-11/h11,13-14H,1-10H2. The molecule has 1 aliphatic carbocycles. The second kappa shape index (κ2) is 6.21. The van der Waals surface area contributed by atoms with Crippen LogP contribution in [-0.2, 0) is 4.79 Å². The third kappa shape index (κ3) is 3.46. The molecule has 1 saturated heterocycles. The van der Waals surface area contributed by atoms with Gasteiger partial charge in [0.1, 0.15) is 0 Å². The summed E-state index contributed by atoms with van der Waals surface area (Å²) in [5, 5.41) is 6.67. The van der Waals surface area contributed by atoms with Gasteiger partial charge in [-0.1, -0.05) is 19.3 Å². The summed E-state index contributed by atoms with van der Waals surface area (Å²) >= 11 is 0. The van der Waals surface area contributed by atoms with Crippen LogP contribution in [0.25, 0.3) is 0 Å². The largest absolute Gasteiger partial charge is 0.339 e. The van der Waals surface area contributed by atoms with Crippen molar-refractivity contribution in [2.24, 2.45) is 0 Å². The van der Waals surface area contributed by atoms with Crippen LogP contribution in [0.15, 0.2) is 0 Å². The van der Waals surface area contributed by atoms with Crippen LogP contribution in [-0.4, -0.2) is 49.6 Å². The molecule has 0 aromatic carbocycles. The fraction of sp³-hybridized carbons (Fsp3) is 0.917. The number of rotatable bonds is 3. The highest BCUT2D eigenvalue weighted by Crippen LogP contribution is 2.17. The first-order valence-electron chi connectivity index (χ1n) is 6.58. The van der Waals surface area contributed by atoms with E-state index in [2.05, 4.69) is 10.6 Å². The zero-order valence-electron chi connectivity index (χ0n) is 10.0. The fourth-order valence-corrected chi connectivity index (χ4v) is 2.56. The molecule has 0 aromatic rings. The van der Waals surface area contributed by atoms with Gasteiger partial charge in [-0.05, 0) is 12.8 Å². The topological polar surface area (TPSA) is 44.4 Å². The minimum atomic E-state index is 0.270. The van der Waals surface area contributed by atoms with E-state index in [0.717, 1.165) is 26.2 Å². The van der Waals surface area contributed by atoms with Crippen LogP contribution in [0.3, 0.4) is 0 Å². The lowest BCUT2D eigenvalue weighted by atomic mass is 9.95. The molecular weight excluding hydrogens is 202 g/mol. The molecule has 0 unspecified atom stereocenters. The molecule has 1 heterocycles. The molecular formula is C12H23N3O. The van der Waals surface area contributed by atoms with Crippen molar-refractivity contribution in [2.75, 3.05) is 32.7 Å². The molecule has 0 radical (unpaired) electrons. The molecule has 4 nitrogen and oxygen atoms in total. The summed E-state index contributed by atoms with van der Waals surface area (Å²) in [6.45, 7) is 4.14. The number of nitrogens with zero attached hydrogens (tertiary/aromatic N) is 1. The van der Waals surface area contributed by atoms with E-state index < -0.39 is 0 Å². The van der Waals surface area contributed by atoms with Crippen LogP contribution in [0.5, 0.6) is 0 Å². The van der Waals surface area contributed by atoms with Gasteiger partial charge in [0.25, 0.3) is 0 Å². The minimum Gasteiger partial charge on any atom is -0.339 e. The molecule has 16 heavy (non-hydrogen) atoms. The molecule has 2 aliphatic rings. The van der Waals surface area contributed by atoms with Gasteiger partial charge in [0.2, 0.25) is 5.91 Å². The number of nitrogens with one attached hydrogen (secondary N) is 2. The highest BCUT2D eigenvalue weighted by molar-refractivity contribution is 5.78. The van der Waals surface area contributed by atoms with Gasteiger partial charge in [0.15, 0.2) is 0 Å². The number of carbonyl (C=O) groups excluding carboxylic acids is 1. The van der Waals surface area contributed by atoms with Crippen LogP contribution < -0.4 is 10.6 Å². The van der Waals surface area contributed by atoms with E-state index in [0.29, 0.717) is 12.6 Å². The molecule has 2 N–H and O–H groups in total. The number of amides is 1. The normalized spacial score (nSPS) is 23.4. The van der Waals surface area contributed by atoms with Gasteiger partial charge in [-0.3, -0.25) is 4.79 Å². The summed E-state index contributed by atoms with van der Waals surface area (Å²) in [5.41, 5.74) is 0. The third-order valence-corrected chi connectivity index (χ3v) is 3.62. The Morgan fingerprint density at radius 1 is 1.19 bits per heavy atom. The second-order valence-corrected chi connectivity index (χ2v) is 4.85.